The predicted octanol–water partition coefficient (Wildman–Crippen LogP) is 3.75. The number of hydrogen-bond donors (Lipinski definition) is 0. The van der Waals surface area contributed by atoms with Crippen LogP contribution in [0.3, 0.4) is 0 Å². The van der Waals surface area contributed by atoms with Gasteiger partial charge in [-0.2, -0.15) is 0 Å². The number of halogens is 1. The van der Waals surface area contributed by atoms with Gasteiger partial charge in [0.15, 0.2) is 0 Å². The molecular formula is C23H25FN2O3. The maximum Gasteiger partial charge on any atom is 0.254 e. The van der Waals surface area contributed by atoms with Crippen molar-refractivity contribution in [2.24, 2.45) is 0 Å². The van der Waals surface area contributed by atoms with Gasteiger partial charge in [-0.15, -0.1) is 0 Å². The van der Waals surface area contributed by atoms with Gasteiger partial charge in [-0.1, -0.05) is 0 Å². The average molecular weight is 396 g/mol. The Morgan fingerprint density at radius 3 is 2.17 bits per heavy atom. The molecule has 29 heavy (non-hydrogen) atoms. The van der Waals surface area contributed by atoms with E-state index in [1.807, 2.05) is 17.0 Å². The summed E-state index contributed by atoms with van der Waals surface area (Å²) in [5, 5.41) is 0. The first-order valence-electron chi connectivity index (χ1n) is 10.2. The lowest BCUT2D eigenvalue weighted by molar-refractivity contribution is 0.0690. The average Bonchev–Trinajstić information content (AvgIpc) is 3.44. The highest BCUT2D eigenvalue weighted by atomic mass is 19.1. The van der Waals surface area contributed by atoms with Crippen LogP contribution >= 0.6 is 0 Å². The monoisotopic (exact) mass is 396 g/mol. The van der Waals surface area contributed by atoms with Crippen molar-refractivity contribution in [1.82, 2.24) is 9.80 Å². The number of ether oxygens (including phenoxy) is 1. The molecule has 2 amide bonds. The van der Waals surface area contributed by atoms with Gasteiger partial charge in [0.25, 0.3) is 11.8 Å². The molecule has 0 spiro atoms. The van der Waals surface area contributed by atoms with Crippen molar-refractivity contribution in [3.8, 4) is 5.75 Å². The zero-order chi connectivity index (χ0) is 20.2. The molecule has 0 aromatic heterocycles. The van der Waals surface area contributed by atoms with Crippen molar-refractivity contribution in [3.63, 3.8) is 0 Å². The summed E-state index contributed by atoms with van der Waals surface area (Å²) in [4.78, 5) is 28.8. The molecule has 0 aliphatic carbocycles. The lowest BCUT2D eigenvalue weighted by atomic mass is 10.1. The van der Waals surface area contributed by atoms with Crippen LogP contribution in [0.2, 0.25) is 0 Å². The summed E-state index contributed by atoms with van der Waals surface area (Å²) >= 11 is 0. The molecule has 2 aliphatic heterocycles. The fourth-order valence-electron chi connectivity index (χ4n) is 4.02. The number of benzene rings is 2. The molecular weight excluding hydrogens is 371 g/mol. The number of hydrogen-bond acceptors (Lipinski definition) is 3. The van der Waals surface area contributed by atoms with E-state index in [1.54, 1.807) is 17.0 Å². The molecule has 0 saturated carbocycles. The Balaban J connectivity index is 1.34. The van der Waals surface area contributed by atoms with E-state index in [0.29, 0.717) is 30.0 Å². The van der Waals surface area contributed by atoms with Crippen LogP contribution in [0.25, 0.3) is 0 Å². The normalized spacial score (nSPS) is 18.9. The molecule has 2 aliphatic rings. The van der Waals surface area contributed by atoms with Crippen LogP contribution in [-0.4, -0.2) is 53.9 Å². The highest BCUT2D eigenvalue weighted by Crippen LogP contribution is 2.22. The van der Waals surface area contributed by atoms with E-state index in [0.717, 1.165) is 38.8 Å². The molecule has 4 rings (SSSR count). The highest BCUT2D eigenvalue weighted by molar-refractivity contribution is 5.95. The number of carbonyl (C=O) groups is 2. The smallest absolute Gasteiger partial charge is 0.254 e. The van der Waals surface area contributed by atoms with Crippen molar-refractivity contribution in [3.05, 3.63) is 65.5 Å². The van der Waals surface area contributed by atoms with Gasteiger partial charge in [-0.05, 0) is 74.2 Å². The Morgan fingerprint density at radius 2 is 1.48 bits per heavy atom. The lowest BCUT2D eigenvalue weighted by Crippen LogP contribution is -2.39. The molecule has 2 heterocycles. The maximum absolute atomic E-state index is 13.1. The topological polar surface area (TPSA) is 49.9 Å². The van der Waals surface area contributed by atoms with Crippen LogP contribution in [0.5, 0.6) is 5.75 Å². The zero-order valence-electron chi connectivity index (χ0n) is 16.4. The molecule has 2 aromatic rings. The first-order valence-corrected chi connectivity index (χ1v) is 10.2. The van der Waals surface area contributed by atoms with E-state index >= 15 is 0 Å². The van der Waals surface area contributed by atoms with Gasteiger partial charge >= 0.3 is 0 Å². The largest absolute Gasteiger partial charge is 0.491 e. The van der Waals surface area contributed by atoms with E-state index in [4.69, 9.17) is 4.74 Å². The summed E-state index contributed by atoms with van der Waals surface area (Å²) in [6.45, 7) is 2.73. The van der Waals surface area contributed by atoms with Crippen molar-refractivity contribution in [1.29, 1.82) is 0 Å². The third-order valence-electron chi connectivity index (χ3n) is 5.67. The van der Waals surface area contributed by atoms with Crippen molar-refractivity contribution in [2.75, 3.05) is 26.2 Å². The van der Waals surface area contributed by atoms with E-state index in [9.17, 15) is 14.0 Å². The summed E-state index contributed by atoms with van der Waals surface area (Å²) in [7, 11) is 0. The van der Waals surface area contributed by atoms with Crippen LogP contribution in [0.15, 0.2) is 48.5 Å². The van der Waals surface area contributed by atoms with E-state index < -0.39 is 0 Å². The van der Waals surface area contributed by atoms with Gasteiger partial charge in [0.2, 0.25) is 0 Å². The molecule has 0 N–H and O–H groups in total. The Labute approximate surface area is 170 Å². The van der Waals surface area contributed by atoms with Gasteiger partial charge in [0.1, 0.15) is 18.2 Å². The van der Waals surface area contributed by atoms with E-state index in [-0.39, 0.29) is 23.7 Å². The molecule has 2 saturated heterocycles. The summed E-state index contributed by atoms with van der Waals surface area (Å²) in [6, 6.07) is 12.8. The number of amides is 2. The summed E-state index contributed by atoms with van der Waals surface area (Å²) in [5.41, 5.74) is 1.16. The third kappa shape index (κ3) is 4.42. The molecule has 6 heteroatoms. The minimum absolute atomic E-state index is 0.0153. The molecule has 0 unspecified atom stereocenters. The van der Waals surface area contributed by atoms with Gasteiger partial charge in [0, 0.05) is 30.8 Å². The summed E-state index contributed by atoms with van der Waals surface area (Å²) in [5.74, 6) is 0.308. The Hall–Kier alpha value is -2.89. The molecule has 152 valence electrons. The third-order valence-corrected chi connectivity index (χ3v) is 5.67. The van der Waals surface area contributed by atoms with Gasteiger partial charge in [-0.3, -0.25) is 9.59 Å². The Kier molecular flexibility index (Phi) is 5.79. The summed E-state index contributed by atoms with van der Waals surface area (Å²) in [6.07, 6.45) is 3.94. The quantitative estimate of drug-likeness (QED) is 0.774. The second kappa shape index (κ2) is 8.64. The minimum Gasteiger partial charge on any atom is -0.491 e. The second-order valence-corrected chi connectivity index (χ2v) is 7.64. The fourth-order valence-corrected chi connectivity index (χ4v) is 4.02. The van der Waals surface area contributed by atoms with Gasteiger partial charge in [0.05, 0.1) is 6.04 Å². The number of rotatable bonds is 5. The van der Waals surface area contributed by atoms with E-state index in [1.165, 1.54) is 24.3 Å². The van der Waals surface area contributed by atoms with Crippen LogP contribution in [-0.2, 0) is 0 Å². The fraction of sp³-hybridized carbons (Fsp3) is 0.391. The first kappa shape index (κ1) is 19.4. The number of carbonyl (C=O) groups excluding carboxylic acids is 2. The molecule has 1 atom stereocenters. The molecule has 2 fully saturated rings. The standard InChI is InChI=1S/C23H25FN2O3/c24-19-9-5-18(6-10-19)23(28)26-15-3-4-20(26)16-29-21-11-7-17(8-12-21)22(27)25-13-1-2-14-25/h5-12,20H,1-4,13-16H2/t20-/m1/s1. The van der Waals surface area contributed by atoms with Crippen LogP contribution in [0, 0.1) is 5.82 Å². The van der Waals surface area contributed by atoms with Gasteiger partial charge in [-0.25, -0.2) is 4.39 Å². The van der Waals surface area contributed by atoms with Crippen LogP contribution < -0.4 is 4.74 Å². The number of nitrogens with zero attached hydrogens (tertiary/aromatic N) is 2. The summed E-state index contributed by atoms with van der Waals surface area (Å²) < 4.78 is 19.0. The SMILES string of the molecule is O=C(c1ccc(OC[C@H]2CCCN2C(=O)c2ccc(F)cc2)cc1)N1CCCC1. The predicted molar refractivity (Wildman–Crippen MR) is 108 cm³/mol. The Bertz CT molecular complexity index is 861. The van der Waals surface area contributed by atoms with Crippen molar-refractivity contribution in [2.45, 2.75) is 31.7 Å². The zero-order valence-corrected chi connectivity index (χ0v) is 16.4. The lowest BCUT2D eigenvalue weighted by Gasteiger charge is -2.25. The molecule has 5 nitrogen and oxygen atoms in total. The highest BCUT2D eigenvalue weighted by Gasteiger charge is 2.30. The Morgan fingerprint density at radius 1 is 0.862 bits per heavy atom. The molecule has 2 aromatic carbocycles. The van der Waals surface area contributed by atoms with E-state index in [2.05, 4.69) is 0 Å². The van der Waals surface area contributed by atoms with Gasteiger partial charge < -0.3 is 14.5 Å². The second-order valence-electron chi connectivity index (χ2n) is 7.64. The maximum atomic E-state index is 13.1. The molecule has 0 bridgehead atoms. The number of likely N-dealkylation sites (tertiary alicyclic amines) is 2. The van der Waals surface area contributed by atoms with Crippen LogP contribution in [0.1, 0.15) is 46.4 Å². The first-order chi connectivity index (χ1) is 14.1. The van der Waals surface area contributed by atoms with Crippen LogP contribution in [0.4, 0.5) is 4.39 Å². The van der Waals surface area contributed by atoms with Crippen molar-refractivity contribution >= 4 is 11.8 Å². The van der Waals surface area contributed by atoms with Crippen molar-refractivity contribution < 1.29 is 18.7 Å². The molecule has 0 radical (unpaired) electrons. The minimum atomic E-state index is -0.352.